The zero-order valence-corrected chi connectivity index (χ0v) is 16.2. The van der Waals surface area contributed by atoms with Crippen molar-refractivity contribution in [3.05, 3.63) is 0 Å². The summed E-state index contributed by atoms with van der Waals surface area (Å²) in [5.74, 6) is -0.965. The van der Waals surface area contributed by atoms with E-state index in [2.05, 4.69) is 6.92 Å². The van der Waals surface area contributed by atoms with Crippen LogP contribution in [0.25, 0.3) is 0 Å². The van der Waals surface area contributed by atoms with Gasteiger partial charge in [0.15, 0.2) is 0 Å². The van der Waals surface area contributed by atoms with Crippen molar-refractivity contribution in [2.45, 2.75) is 89.7 Å². The lowest BCUT2D eigenvalue weighted by Crippen LogP contribution is -2.37. The number of urea groups is 1. The number of hydrogen-bond acceptors (Lipinski definition) is 4. The van der Waals surface area contributed by atoms with E-state index in [0.717, 1.165) is 44.9 Å². The van der Waals surface area contributed by atoms with Crippen LogP contribution in [0.15, 0.2) is 0 Å². The van der Waals surface area contributed by atoms with Crippen LogP contribution in [0.1, 0.15) is 77.6 Å². The fourth-order valence-electron chi connectivity index (χ4n) is 3.34. The Morgan fingerprint density at radius 3 is 2.42 bits per heavy atom. The molecule has 0 radical (unpaired) electrons. The number of unbranched alkanes of at least 4 members (excludes halogenated alkanes) is 5. The summed E-state index contributed by atoms with van der Waals surface area (Å²) in [6.45, 7) is 2.51. The normalized spacial score (nSPS) is 18.7. The van der Waals surface area contributed by atoms with Crippen LogP contribution in [0, 0.1) is 0 Å². The topological polar surface area (TPSA) is 98.2 Å². The number of carboxylic acid groups (broad SMARTS) is 1. The highest BCUT2D eigenvalue weighted by Crippen LogP contribution is 2.22. The predicted octanol–water partition coefficient (Wildman–Crippen LogP) is 3.01. The Hall–Kier alpha value is -1.63. The number of amides is 3. The van der Waals surface area contributed by atoms with Crippen LogP contribution < -0.4 is 0 Å². The largest absolute Gasteiger partial charge is 0.481 e. The van der Waals surface area contributed by atoms with E-state index in [0.29, 0.717) is 25.8 Å². The first kappa shape index (κ1) is 22.4. The Morgan fingerprint density at radius 1 is 1.08 bits per heavy atom. The maximum atomic E-state index is 12.3. The molecule has 150 valence electrons. The molecule has 1 aliphatic rings. The van der Waals surface area contributed by atoms with Crippen molar-refractivity contribution in [3.63, 3.8) is 0 Å². The van der Waals surface area contributed by atoms with Crippen molar-refractivity contribution in [1.82, 2.24) is 9.80 Å². The van der Waals surface area contributed by atoms with Crippen LogP contribution in [-0.2, 0) is 9.59 Å². The molecule has 0 spiro atoms. The molecule has 2 atom stereocenters. The first-order chi connectivity index (χ1) is 12.4. The molecule has 1 rings (SSSR count). The number of aliphatic hydroxyl groups is 1. The summed E-state index contributed by atoms with van der Waals surface area (Å²) in [7, 11) is 1.50. The quantitative estimate of drug-likeness (QED) is 0.362. The fraction of sp³-hybridized carbons (Fsp3) is 0.842. The van der Waals surface area contributed by atoms with Crippen LogP contribution >= 0.6 is 0 Å². The summed E-state index contributed by atoms with van der Waals surface area (Å²) in [5.41, 5.74) is 0. The molecule has 0 aliphatic carbocycles. The average Bonchev–Trinajstić information content (AvgIpc) is 2.80. The summed E-state index contributed by atoms with van der Waals surface area (Å²) < 4.78 is 0. The molecule has 1 aliphatic heterocycles. The van der Waals surface area contributed by atoms with Gasteiger partial charge in [0.1, 0.15) is 6.04 Å². The molecule has 0 aromatic carbocycles. The smallest absolute Gasteiger partial charge is 0.327 e. The fourth-order valence-corrected chi connectivity index (χ4v) is 3.34. The van der Waals surface area contributed by atoms with E-state index in [4.69, 9.17) is 5.11 Å². The standard InChI is InChI=1S/C19H34N2O5/c1-3-4-7-10-15(22)13-14-21-16(18(25)20(2)19(21)26)11-8-5-6-9-12-17(23)24/h15-16,22H,3-14H2,1-2H3,(H,23,24). The van der Waals surface area contributed by atoms with E-state index in [1.165, 1.54) is 11.9 Å². The molecule has 0 bridgehead atoms. The molecule has 7 heteroatoms. The van der Waals surface area contributed by atoms with E-state index in [-0.39, 0.29) is 18.4 Å². The van der Waals surface area contributed by atoms with Crippen molar-refractivity contribution >= 4 is 17.9 Å². The lowest BCUT2D eigenvalue weighted by molar-refractivity contribution is -0.137. The van der Waals surface area contributed by atoms with Gasteiger partial charge in [-0.05, 0) is 25.7 Å². The highest BCUT2D eigenvalue weighted by molar-refractivity contribution is 6.03. The van der Waals surface area contributed by atoms with Gasteiger partial charge in [0, 0.05) is 20.0 Å². The minimum Gasteiger partial charge on any atom is -0.481 e. The second kappa shape index (κ2) is 11.9. The Balaban J connectivity index is 2.41. The highest BCUT2D eigenvalue weighted by atomic mass is 16.4. The molecule has 3 amide bonds. The number of hydrogen-bond donors (Lipinski definition) is 2. The van der Waals surface area contributed by atoms with E-state index in [9.17, 15) is 19.5 Å². The first-order valence-electron chi connectivity index (χ1n) is 9.86. The number of nitrogens with zero attached hydrogens (tertiary/aromatic N) is 2. The minimum absolute atomic E-state index is 0.172. The Labute approximate surface area is 156 Å². The van der Waals surface area contributed by atoms with Crippen LogP contribution in [0.5, 0.6) is 0 Å². The van der Waals surface area contributed by atoms with Gasteiger partial charge < -0.3 is 15.1 Å². The molecule has 2 unspecified atom stereocenters. The van der Waals surface area contributed by atoms with Crippen molar-refractivity contribution in [2.75, 3.05) is 13.6 Å². The van der Waals surface area contributed by atoms with Crippen LogP contribution in [0.3, 0.4) is 0 Å². The van der Waals surface area contributed by atoms with E-state index in [1.54, 1.807) is 4.90 Å². The van der Waals surface area contributed by atoms with Crippen LogP contribution in [0.2, 0.25) is 0 Å². The molecule has 0 saturated carbocycles. The van der Waals surface area contributed by atoms with Gasteiger partial charge in [-0.25, -0.2) is 4.79 Å². The summed E-state index contributed by atoms with van der Waals surface area (Å²) in [6.07, 6.45) is 7.80. The number of aliphatic carboxylic acids is 1. The Bertz CT molecular complexity index is 469. The molecular formula is C19H34N2O5. The molecule has 7 nitrogen and oxygen atoms in total. The number of carbonyl (C=O) groups excluding carboxylic acids is 2. The van der Waals surface area contributed by atoms with Crippen LogP contribution in [-0.4, -0.2) is 63.7 Å². The molecule has 2 N–H and O–H groups in total. The zero-order chi connectivity index (χ0) is 19.5. The molecule has 26 heavy (non-hydrogen) atoms. The molecule has 0 aromatic heterocycles. The van der Waals surface area contributed by atoms with Gasteiger partial charge in [0.05, 0.1) is 6.10 Å². The number of aliphatic hydroxyl groups excluding tert-OH is 1. The third-order valence-electron chi connectivity index (χ3n) is 4.99. The molecule has 1 saturated heterocycles. The zero-order valence-electron chi connectivity index (χ0n) is 16.2. The molecule has 1 fully saturated rings. The van der Waals surface area contributed by atoms with Crippen molar-refractivity contribution in [2.24, 2.45) is 0 Å². The van der Waals surface area contributed by atoms with Crippen LogP contribution in [0.4, 0.5) is 4.79 Å². The second-order valence-electron chi connectivity index (χ2n) is 7.17. The number of imide groups is 1. The van der Waals surface area contributed by atoms with E-state index >= 15 is 0 Å². The van der Waals surface area contributed by atoms with Gasteiger partial charge >= 0.3 is 12.0 Å². The summed E-state index contributed by atoms with van der Waals surface area (Å²) in [4.78, 5) is 37.9. The summed E-state index contributed by atoms with van der Waals surface area (Å²) in [6, 6.07) is -0.735. The highest BCUT2D eigenvalue weighted by Gasteiger charge is 2.42. The maximum absolute atomic E-state index is 12.3. The van der Waals surface area contributed by atoms with Crippen molar-refractivity contribution in [1.29, 1.82) is 0 Å². The van der Waals surface area contributed by atoms with Crippen molar-refractivity contribution < 1.29 is 24.6 Å². The first-order valence-corrected chi connectivity index (χ1v) is 9.86. The van der Waals surface area contributed by atoms with Gasteiger partial charge in [-0.2, -0.15) is 0 Å². The third kappa shape index (κ3) is 7.32. The lowest BCUT2D eigenvalue weighted by atomic mass is 10.0. The summed E-state index contributed by atoms with van der Waals surface area (Å²) >= 11 is 0. The number of likely N-dealkylation sites (N-methyl/N-ethyl adjacent to an activating group) is 1. The third-order valence-corrected chi connectivity index (χ3v) is 4.99. The Kier molecular flexibility index (Phi) is 10.2. The summed E-state index contributed by atoms with van der Waals surface area (Å²) in [5, 5.41) is 18.7. The number of rotatable bonds is 14. The van der Waals surface area contributed by atoms with Gasteiger partial charge in [0.2, 0.25) is 0 Å². The number of carboxylic acids is 1. The van der Waals surface area contributed by atoms with Gasteiger partial charge in [0.25, 0.3) is 5.91 Å². The molecule has 1 heterocycles. The molecule has 0 aromatic rings. The molecular weight excluding hydrogens is 336 g/mol. The van der Waals surface area contributed by atoms with Gasteiger partial charge in [-0.3, -0.25) is 14.5 Å². The predicted molar refractivity (Wildman–Crippen MR) is 98.8 cm³/mol. The minimum atomic E-state index is -0.785. The number of carbonyl (C=O) groups is 3. The van der Waals surface area contributed by atoms with Gasteiger partial charge in [-0.1, -0.05) is 45.4 Å². The lowest BCUT2D eigenvalue weighted by Gasteiger charge is -2.23. The second-order valence-corrected chi connectivity index (χ2v) is 7.17. The SMILES string of the molecule is CCCCCC(O)CCN1C(=O)N(C)C(=O)C1CCCCCCC(=O)O. The van der Waals surface area contributed by atoms with Gasteiger partial charge in [-0.15, -0.1) is 0 Å². The Morgan fingerprint density at radius 2 is 1.77 bits per heavy atom. The van der Waals surface area contributed by atoms with E-state index < -0.39 is 18.1 Å². The monoisotopic (exact) mass is 370 g/mol. The maximum Gasteiger partial charge on any atom is 0.327 e. The van der Waals surface area contributed by atoms with Crippen molar-refractivity contribution in [3.8, 4) is 0 Å². The average molecular weight is 370 g/mol. The van der Waals surface area contributed by atoms with E-state index in [1.807, 2.05) is 0 Å².